The van der Waals surface area contributed by atoms with Gasteiger partial charge in [0.15, 0.2) is 6.61 Å². The number of benzene rings is 2. The van der Waals surface area contributed by atoms with Crippen LogP contribution in [-0.2, 0) is 14.3 Å². The normalized spacial score (nSPS) is 13.5. The molecule has 1 aliphatic rings. The summed E-state index contributed by atoms with van der Waals surface area (Å²) in [6.07, 6.45) is 1.59. The maximum atomic E-state index is 12.8. The van der Waals surface area contributed by atoms with Crippen LogP contribution in [0.3, 0.4) is 0 Å². The first-order valence-corrected chi connectivity index (χ1v) is 10.5. The van der Waals surface area contributed by atoms with Crippen molar-refractivity contribution >= 4 is 41.0 Å². The van der Waals surface area contributed by atoms with Crippen LogP contribution in [0.15, 0.2) is 42.5 Å². The number of hydrogen-bond acceptors (Lipinski definition) is 6. The molecule has 2 aromatic rings. The van der Waals surface area contributed by atoms with Gasteiger partial charge in [-0.05, 0) is 36.8 Å². The van der Waals surface area contributed by atoms with Crippen molar-refractivity contribution < 1.29 is 28.7 Å². The smallest absolute Gasteiger partial charge is 0.329 e. The molecule has 0 spiro atoms. The summed E-state index contributed by atoms with van der Waals surface area (Å²) in [6, 6.07) is 9.98. The van der Waals surface area contributed by atoms with Gasteiger partial charge < -0.3 is 14.8 Å². The van der Waals surface area contributed by atoms with Crippen LogP contribution in [0.2, 0.25) is 5.02 Å². The number of hydrogen-bond donors (Lipinski definition) is 1. The highest BCUT2D eigenvalue weighted by molar-refractivity contribution is 6.31. The van der Waals surface area contributed by atoms with Crippen LogP contribution in [0.5, 0.6) is 5.75 Å². The van der Waals surface area contributed by atoms with Crippen LogP contribution in [-0.4, -0.2) is 48.3 Å². The highest BCUT2D eigenvalue weighted by Gasteiger charge is 2.43. The van der Waals surface area contributed by atoms with E-state index in [0.29, 0.717) is 22.9 Å². The lowest BCUT2D eigenvalue weighted by molar-refractivity contribution is -0.151. The van der Waals surface area contributed by atoms with E-state index in [9.17, 15) is 19.2 Å². The van der Waals surface area contributed by atoms with Crippen molar-refractivity contribution in [1.29, 1.82) is 0 Å². The average molecular weight is 459 g/mol. The number of halogens is 1. The third kappa shape index (κ3) is 4.91. The maximum absolute atomic E-state index is 12.8. The molecule has 0 unspecified atom stereocenters. The number of ether oxygens (including phenoxy) is 2. The lowest BCUT2D eigenvalue weighted by atomic mass is 10.1. The lowest BCUT2D eigenvalue weighted by Gasteiger charge is -2.24. The number of imide groups is 1. The summed E-state index contributed by atoms with van der Waals surface area (Å²) >= 11 is 5.95. The summed E-state index contributed by atoms with van der Waals surface area (Å²) in [5.74, 6) is -2.13. The van der Waals surface area contributed by atoms with Gasteiger partial charge in [0.25, 0.3) is 17.7 Å². The highest BCUT2D eigenvalue weighted by atomic mass is 35.5. The van der Waals surface area contributed by atoms with Crippen molar-refractivity contribution in [2.24, 2.45) is 0 Å². The van der Waals surface area contributed by atoms with Crippen molar-refractivity contribution in [1.82, 2.24) is 4.90 Å². The van der Waals surface area contributed by atoms with Crippen molar-refractivity contribution in [3.8, 4) is 5.75 Å². The second-order valence-corrected chi connectivity index (χ2v) is 7.62. The minimum Gasteiger partial charge on any atom is -0.495 e. The van der Waals surface area contributed by atoms with Gasteiger partial charge in [-0.25, -0.2) is 4.79 Å². The minimum absolute atomic E-state index is 0.241. The van der Waals surface area contributed by atoms with Crippen molar-refractivity contribution in [2.45, 2.75) is 32.2 Å². The first-order valence-electron chi connectivity index (χ1n) is 10.1. The summed E-state index contributed by atoms with van der Waals surface area (Å²) in [7, 11) is 1.44. The van der Waals surface area contributed by atoms with Crippen LogP contribution >= 0.6 is 11.6 Å². The molecule has 9 heteroatoms. The molecule has 1 aliphatic heterocycles. The molecule has 0 saturated heterocycles. The SMILES string of the molecule is CCCC[C@@H](C(=O)OCC(=O)Nc1cc(Cl)ccc1OC)N1C(=O)c2ccccc2C1=O. The molecule has 1 atom stereocenters. The Morgan fingerprint density at radius 3 is 2.34 bits per heavy atom. The fraction of sp³-hybridized carbons (Fsp3) is 0.304. The summed E-state index contributed by atoms with van der Waals surface area (Å²) in [4.78, 5) is 51.7. The largest absolute Gasteiger partial charge is 0.495 e. The van der Waals surface area contributed by atoms with Gasteiger partial charge in [-0.1, -0.05) is 43.5 Å². The molecule has 0 aliphatic carbocycles. The molecule has 168 valence electrons. The summed E-state index contributed by atoms with van der Waals surface area (Å²) in [5, 5.41) is 2.96. The van der Waals surface area contributed by atoms with E-state index in [1.807, 2.05) is 6.92 Å². The van der Waals surface area contributed by atoms with Gasteiger partial charge in [0.2, 0.25) is 0 Å². The molecule has 0 saturated carbocycles. The van der Waals surface area contributed by atoms with Crippen LogP contribution in [0, 0.1) is 0 Å². The zero-order chi connectivity index (χ0) is 23.3. The minimum atomic E-state index is -1.11. The Morgan fingerprint density at radius 1 is 1.09 bits per heavy atom. The Kier molecular flexibility index (Phi) is 7.48. The third-order valence-electron chi connectivity index (χ3n) is 5.02. The highest BCUT2D eigenvalue weighted by Crippen LogP contribution is 2.28. The molecule has 32 heavy (non-hydrogen) atoms. The molecular weight excluding hydrogens is 436 g/mol. The Bertz CT molecular complexity index is 1020. The molecule has 8 nitrogen and oxygen atoms in total. The average Bonchev–Trinajstić information content (AvgIpc) is 3.03. The van der Waals surface area contributed by atoms with Crippen molar-refractivity contribution in [3.63, 3.8) is 0 Å². The lowest BCUT2D eigenvalue weighted by Crippen LogP contribution is -2.46. The fourth-order valence-corrected chi connectivity index (χ4v) is 3.61. The molecule has 1 N–H and O–H groups in total. The number of fused-ring (bicyclic) bond motifs is 1. The molecule has 0 aromatic heterocycles. The van der Waals surface area contributed by atoms with Crippen LogP contribution in [0.4, 0.5) is 5.69 Å². The maximum Gasteiger partial charge on any atom is 0.329 e. The van der Waals surface area contributed by atoms with Gasteiger partial charge >= 0.3 is 5.97 Å². The topological polar surface area (TPSA) is 102 Å². The van der Waals surface area contributed by atoms with E-state index in [1.54, 1.807) is 36.4 Å². The number of carbonyl (C=O) groups is 4. The van der Waals surface area contributed by atoms with E-state index in [4.69, 9.17) is 21.1 Å². The number of anilines is 1. The van der Waals surface area contributed by atoms with Gasteiger partial charge in [-0.2, -0.15) is 0 Å². The molecule has 0 bridgehead atoms. The van der Waals surface area contributed by atoms with E-state index in [2.05, 4.69) is 5.32 Å². The number of nitrogens with one attached hydrogen (secondary N) is 1. The quantitative estimate of drug-likeness (QED) is 0.454. The number of unbranched alkanes of at least 4 members (excludes halogenated alkanes) is 1. The predicted octanol–water partition coefficient (Wildman–Crippen LogP) is 3.69. The molecule has 3 rings (SSSR count). The molecule has 0 fully saturated rings. The first kappa shape index (κ1) is 23.3. The zero-order valence-electron chi connectivity index (χ0n) is 17.7. The Labute approximate surface area is 190 Å². The summed E-state index contributed by atoms with van der Waals surface area (Å²) < 4.78 is 10.3. The Hall–Kier alpha value is -3.39. The number of rotatable bonds is 9. The van der Waals surface area contributed by atoms with Gasteiger partial charge in [0.1, 0.15) is 11.8 Å². The third-order valence-corrected chi connectivity index (χ3v) is 5.26. The zero-order valence-corrected chi connectivity index (χ0v) is 18.5. The summed E-state index contributed by atoms with van der Waals surface area (Å²) in [6.45, 7) is 1.33. The molecule has 1 heterocycles. The van der Waals surface area contributed by atoms with E-state index in [-0.39, 0.29) is 17.5 Å². The molecule has 2 aromatic carbocycles. The predicted molar refractivity (Wildman–Crippen MR) is 118 cm³/mol. The van der Waals surface area contributed by atoms with Crippen molar-refractivity contribution in [2.75, 3.05) is 19.0 Å². The van der Waals surface area contributed by atoms with Gasteiger partial charge in [0, 0.05) is 5.02 Å². The van der Waals surface area contributed by atoms with E-state index >= 15 is 0 Å². The Morgan fingerprint density at radius 2 is 1.75 bits per heavy atom. The number of amides is 3. The van der Waals surface area contributed by atoms with Crippen LogP contribution in [0.25, 0.3) is 0 Å². The number of esters is 1. The van der Waals surface area contributed by atoms with Gasteiger partial charge in [0.05, 0.1) is 23.9 Å². The monoisotopic (exact) mass is 458 g/mol. The van der Waals surface area contributed by atoms with E-state index in [1.165, 1.54) is 13.2 Å². The number of carbonyl (C=O) groups excluding carboxylic acids is 4. The van der Waals surface area contributed by atoms with Crippen LogP contribution in [0.1, 0.15) is 46.9 Å². The van der Waals surface area contributed by atoms with Gasteiger partial charge in [-0.3, -0.25) is 19.3 Å². The first-order chi connectivity index (χ1) is 15.4. The van der Waals surface area contributed by atoms with E-state index in [0.717, 1.165) is 11.3 Å². The second kappa shape index (κ2) is 10.3. The number of methoxy groups -OCH3 is 1. The summed E-state index contributed by atoms with van der Waals surface area (Å²) in [5.41, 5.74) is 0.819. The second-order valence-electron chi connectivity index (χ2n) is 7.18. The van der Waals surface area contributed by atoms with Crippen molar-refractivity contribution in [3.05, 3.63) is 58.6 Å². The molecular formula is C23H23ClN2O6. The van der Waals surface area contributed by atoms with Crippen LogP contribution < -0.4 is 10.1 Å². The number of nitrogens with zero attached hydrogens (tertiary/aromatic N) is 1. The van der Waals surface area contributed by atoms with E-state index < -0.39 is 36.3 Å². The molecule has 0 radical (unpaired) electrons. The standard InChI is InChI=1S/C23H23ClN2O6/c1-3-4-9-18(26-21(28)15-7-5-6-8-16(15)22(26)29)23(30)32-13-20(27)25-17-12-14(24)10-11-19(17)31-2/h5-8,10-12,18H,3-4,9,13H2,1-2H3,(H,25,27)/t18-/m0/s1. The fourth-order valence-electron chi connectivity index (χ4n) is 3.44. The Balaban J connectivity index is 1.70. The van der Waals surface area contributed by atoms with Gasteiger partial charge in [-0.15, -0.1) is 0 Å². The molecule has 3 amide bonds.